The average Bonchev–Trinajstić information content (AvgIpc) is 3.13. The lowest BCUT2D eigenvalue weighted by Gasteiger charge is -2.33. The Labute approximate surface area is 151 Å². The van der Waals surface area contributed by atoms with Crippen LogP contribution in [-0.4, -0.2) is 62.4 Å². The molecule has 1 unspecified atom stereocenters. The minimum absolute atomic E-state index is 0.00219. The molecule has 2 N–H and O–H groups in total. The molecule has 0 aromatic heterocycles. The number of ketones is 1. The molecule has 3 aliphatic rings. The van der Waals surface area contributed by atoms with E-state index < -0.39 is 0 Å². The van der Waals surface area contributed by atoms with Crippen molar-refractivity contribution in [3.8, 4) is 11.5 Å². The summed E-state index contributed by atoms with van der Waals surface area (Å²) in [4.78, 5) is 27.0. The van der Waals surface area contributed by atoms with Crippen molar-refractivity contribution in [1.82, 2.24) is 10.2 Å². The van der Waals surface area contributed by atoms with Gasteiger partial charge >= 0.3 is 0 Å². The lowest BCUT2D eigenvalue weighted by Crippen LogP contribution is -2.49. The van der Waals surface area contributed by atoms with Crippen molar-refractivity contribution in [2.45, 2.75) is 31.4 Å². The summed E-state index contributed by atoms with van der Waals surface area (Å²) in [7, 11) is 1.67. The number of fused-ring (bicyclic) bond motifs is 3. The Balaban J connectivity index is 1.44. The number of amides is 1. The minimum atomic E-state index is -0.214. The zero-order valence-corrected chi connectivity index (χ0v) is 14.7. The number of Topliss-reactive ketones (excluding diaryl/α,β-unsaturated/α-hetero) is 1. The molecule has 8 nitrogen and oxygen atoms in total. The number of hydrogen-bond donors (Lipinski definition) is 2. The van der Waals surface area contributed by atoms with Gasteiger partial charge in [-0.15, -0.1) is 0 Å². The van der Waals surface area contributed by atoms with Gasteiger partial charge in [0.05, 0.1) is 25.0 Å². The molecule has 1 fully saturated rings. The normalized spacial score (nSPS) is 24.2. The molecule has 26 heavy (non-hydrogen) atoms. The number of nitrogens with one attached hydrogen (secondary N) is 2. The van der Waals surface area contributed by atoms with E-state index in [4.69, 9.17) is 14.2 Å². The minimum Gasteiger partial charge on any atom is -0.454 e. The van der Waals surface area contributed by atoms with Crippen molar-refractivity contribution >= 4 is 17.4 Å². The lowest BCUT2D eigenvalue weighted by atomic mass is 9.96. The number of nitrogens with zero attached hydrogens (tertiary/aromatic N) is 1. The number of ether oxygens (including phenoxy) is 3. The van der Waals surface area contributed by atoms with Crippen LogP contribution in [0.15, 0.2) is 12.1 Å². The maximum atomic E-state index is 12.9. The summed E-state index contributed by atoms with van der Waals surface area (Å²) in [5, 5.41) is 6.53. The number of hydrogen-bond acceptors (Lipinski definition) is 7. The largest absolute Gasteiger partial charge is 0.454 e. The first-order chi connectivity index (χ1) is 12.7. The van der Waals surface area contributed by atoms with E-state index in [1.54, 1.807) is 19.2 Å². The molecule has 1 aromatic rings. The van der Waals surface area contributed by atoms with Crippen molar-refractivity contribution in [2.24, 2.45) is 0 Å². The third-order valence-electron chi connectivity index (χ3n) is 5.14. The van der Waals surface area contributed by atoms with Gasteiger partial charge in [-0.05, 0) is 31.5 Å². The van der Waals surface area contributed by atoms with Crippen molar-refractivity contribution in [3.63, 3.8) is 0 Å². The van der Waals surface area contributed by atoms with Crippen LogP contribution in [0.25, 0.3) is 0 Å². The molecular formula is C18H23N3O5. The molecule has 3 aliphatic heterocycles. The third-order valence-corrected chi connectivity index (χ3v) is 5.14. The van der Waals surface area contributed by atoms with Gasteiger partial charge in [-0.1, -0.05) is 0 Å². The standard InChI is InChI=1S/C18H23N3O5/c1-24-14-3-2-6-19-13(14)7-11(22)8-21-9-20-12-4-5-15-17(26-10-25-15)16(12)18(21)23/h4-5,13-14,19-20H,2-3,6-10H2,1H3/t13-,14?/m1/s1. The fourth-order valence-corrected chi connectivity index (χ4v) is 3.80. The first kappa shape index (κ1) is 17.1. The second-order valence-electron chi connectivity index (χ2n) is 6.78. The van der Waals surface area contributed by atoms with Crippen LogP contribution in [0.3, 0.4) is 0 Å². The summed E-state index contributed by atoms with van der Waals surface area (Å²) in [6.07, 6.45) is 2.38. The van der Waals surface area contributed by atoms with Gasteiger partial charge in [0.25, 0.3) is 5.91 Å². The summed E-state index contributed by atoms with van der Waals surface area (Å²) in [5.74, 6) is 0.802. The molecule has 0 spiro atoms. The maximum Gasteiger partial charge on any atom is 0.261 e. The molecule has 4 rings (SSSR count). The number of benzene rings is 1. The van der Waals surface area contributed by atoms with E-state index in [1.807, 2.05) is 0 Å². The van der Waals surface area contributed by atoms with E-state index in [2.05, 4.69) is 10.6 Å². The highest BCUT2D eigenvalue weighted by Crippen LogP contribution is 2.41. The third kappa shape index (κ3) is 3.10. The second-order valence-corrected chi connectivity index (χ2v) is 6.78. The van der Waals surface area contributed by atoms with Gasteiger partial charge < -0.3 is 29.7 Å². The predicted octanol–water partition coefficient (Wildman–Crippen LogP) is 0.967. The SMILES string of the molecule is COC1CCCN[C@@H]1CC(=O)CN1CNc2ccc3c(c2C1=O)OCO3. The Morgan fingerprint density at radius 1 is 1.38 bits per heavy atom. The lowest BCUT2D eigenvalue weighted by molar-refractivity contribution is -0.121. The maximum absolute atomic E-state index is 12.9. The first-order valence-corrected chi connectivity index (χ1v) is 8.91. The number of anilines is 1. The van der Waals surface area contributed by atoms with Crippen LogP contribution in [0, 0.1) is 0 Å². The van der Waals surface area contributed by atoms with Crippen molar-refractivity contribution < 1.29 is 23.8 Å². The monoisotopic (exact) mass is 361 g/mol. The van der Waals surface area contributed by atoms with Crippen molar-refractivity contribution in [3.05, 3.63) is 17.7 Å². The van der Waals surface area contributed by atoms with Gasteiger partial charge in [0.1, 0.15) is 5.56 Å². The molecule has 3 heterocycles. The van der Waals surface area contributed by atoms with E-state index in [0.717, 1.165) is 19.4 Å². The zero-order valence-electron chi connectivity index (χ0n) is 14.7. The van der Waals surface area contributed by atoms with Gasteiger partial charge in [-0.25, -0.2) is 0 Å². The smallest absolute Gasteiger partial charge is 0.261 e. The van der Waals surface area contributed by atoms with Crippen LogP contribution in [0.1, 0.15) is 29.6 Å². The predicted molar refractivity (Wildman–Crippen MR) is 93.5 cm³/mol. The van der Waals surface area contributed by atoms with E-state index >= 15 is 0 Å². The fourth-order valence-electron chi connectivity index (χ4n) is 3.80. The highest BCUT2D eigenvalue weighted by atomic mass is 16.7. The summed E-state index contributed by atoms with van der Waals surface area (Å²) in [6, 6.07) is 3.58. The number of piperidine rings is 1. The Morgan fingerprint density at radius 3 is 3.12 bits per heavy atom. The van der Waals surface area contributed by atoms with Crippen LogP contribution in [0.2, 0.25) is 0 Å². The molecule has 1 saturated heterocycles. The molecule has 1 aromatic carbocycles. The summed E-state index contributed by atoms with van der Waals surface area (Å²) in [5.41, 5.74) is 1.14. The Bertz CT molecular complexity index is 723. The fraction of sp³-hybridized carbons (Fsp3) is 0.556. The number of carbonyl (C=O) groups is 2. The summed E-state index contributed by atoms with van der Waals surface area (Å²) < 4.78 is 16.3. The van der Waals surface area contributed by atoms with Crippen molar-refractivity contribution in [1.29, 1.82) is 0 Å². The number of rotatable bonds is 5. The van der Waals surface area contributed by atoms with Gasteiger partial charge in [0.15, 0.2) is 17.3 Å². The van der Waals surface area contributed by atoms with Crippen LogP contribution in [-0.2, 0) is 9.53 Å². The number of carbonyl (C=O) groups excluding carboxylic acids is 2. The van der Waals surface area contributed by atoms with Crippen LogP contribution < -0.4 is 20.1 Å². The summed E-state index contributed by atoms with van der Waals surface area (Å²) >= 11 is 0. The molecule has 140 valence electrons. The van der Waals surface area contributed by atoms with Crippen LogP contribution in [0.5, 0.6) is 11.5 Å². The highest BCUT2D eigenvalue weighted by Gasteiger charge is 2.34. The molecule has 0 aliphatic carbocycles. The van der Waals surface area contributed by atoms with Gasteiger partial charge in [0.2, 0.25) is 6.79 Å². The van der Waals surface area contributed by atoms with Crippen molar-refractivity contribution in [2.75, 3.05) is 39.0 Å². The summed E-state index contributed by atoms with van der Waals surface area (Å²) in [6.45, 7) is 1.34. The first-order valence-electron chi connectivity index (χ1n) is 8.91. The molecule has 0 saturated carbocycles. The Kier molecular flexibility index (Phi) is 4.69. The van der Waals surface area contributed by atoms with E-state index in [0.29, 0.717) is 35.8 Å². The average molecular weight is 361 g/mol. The molecule has 1 amide bonds. The topological polar surface area (TPSA) is 89.1 Å². The van der Waals surface area contributed by atoms with Crippen LogP contribution >= 0.6 is 0 Å². The van der Waals surface area contributed by atoms with Gasteiger partial charge in [0, 0.05) is 19.6 Å². The quantitative estimate of drug-likeness (QED) is 0.808. The highest BCUT2D eigenvalue weighted by molar-refractivity contribution is 6.06. The number of methoxy groups -OCH3 is 1. The molecular weight excluding hydrogens is 338 g/mol. The van der Waals surface area contributed by atoms with Gasteiger partial charge in [-0.2, -0.15) is 0 Å². The van der Waals surface area contributed by atoms with E-state index in [9.17, 15) is 9.59 Å². The Morgan fingerprint density at radius 2 is 2.27 bits per heavy atom. The van der Waals surface area contributed by atoms with E-state index in [-0.39, 0.29) is 37.2 Å². The zero-order chi connectivity index (χ0) is 18.1. The van der Waals surface area contributed by atoms with Crippen LogP contribution in [0.4, 0.5) is 5.69 Å². The molecule has 8 heteroatoms. The second kappa shape index (κ2) is 7.13. The molecule has 0 bridgehead atoms. The van der Waals surface area contributed by atoms with E-state index in [1.165, 1.54) is 4.90 Å². The Hall–Kier alpha value is -2.32. The molecule has 2 atom stereocenters. The van der Waals surface area contributed by atoms with Gasteiger partial charge in [-0.3, -0.25) is 9.59 Å². The molecule has 0 radical (unpaired) electrons.